The van der Waals surface area contributed by atoms with Gasteiger partial charge in [-0.15, -0.1) is 5.10 Å². The van der Waals surface area contributed by atoms with Gasteiger partial charge in [-0.2, -0.15) is 5.10 Å². The van der Waals surface area contributed by atoms with Crippen LogP contribution in [0.2, 0.25) is 5.02 Å². The summed E-state index contributed by atoms with van der Waals surface area (Å²) >= 11 is 6.15. The summed E-state index contributed by atoms with van der Waals surface area (Å²) in [5, 5.41) is 24.1. The summed E-state index contributed by atoms with van der Waals surface area (Å²) < 4.78 is 0. The van der Waals surface area contributed by atoms with Crippen LogP contribution >= 0.6 is 11.6 Å². The lowest BCUT2D eigenvalue weighted by Gasteiger charge is -2.18. The van der Waals surface area contributed by atoms with Gasteiger partial charge in [-0.3, -0.25) is 14.6 Å². The number of anilines is 2. The van der Waals surface area contributed by atoms with Gasteiger partial charge in [-0.05, 0) is 66.2 Å². The lowest BCUT2D eigenvalue weighted by atomic mass is 10.0. The molecular formula is C28H25ClN8O4. The van der Waals surface area contributed by atoms with Gasteiger partial charge in [-0.1, -0.05) is 11.6 Å². The molecular weight excluding hydrogens is 548 g/mol. The number of halogens is 1. The molecule has 0 bridgehead atoms. The SMILES string of the molecule is C=N/N=C\N(N)c1ccc(Cl)cc1/C=C/C(=O)NC(Cc1c[nH]c2ncccc12)C(=O)Nc1ccc(C(=O)O)cc1. The lowest BCUT2D eigenvalue weighted by Crippen LogP contribution is -2.44. The van der Waals surface area contributed by atoms with Gasteiger partial charge in [0.15, 0.2) is 0 Å². The molecule has 13 heteroatoms. The van der Waals surface area contributed by atoms with Gasteiger partial charge in [0.1, 0.15) is 18.0 Å². The quantitative estimate of drug-likeness (QED) is 0.0598. The van der Waals surface area contributed by atoms with Crippen LogP contribution in [0.3, 0.4) is 0 Å². The number of nitrogens with two attached hydrogens (primary N) is 1. The predicted molar refractivity (Wildman–Crippen MR) is 159 cm³/mol. The van der Waals surface area contributed by atoms with E-state index < -0.39 is 23.8 Å². The first kappa shape index (κ1) is 28.7. The molecule has 0 aliphatic rings. The number of benzene rings is 2. The minimum absolute atomic E-state index is 0.0766. The van der Waals surface area contributed by atoms with Gasteiger partial charge in [0.05, 0.1) is 11.3 Å². The topological polar surface area (TPSA) is 178 Å². The number of rotatable bonds is 11. The van der Waals surface area contributed by atoms with Crippen LogP contribution in [0.25, 0.3) is 17.1 Å². The maximum absolute atomic E-state index is 13.3. The van der Waals surface area contributed by atoms with E-state index in [-0.39, 0.29) is 12.0 Å². The smallest absolute Gasteiger partial charge is 0.335 e. The maximum atomic E-state index is 13.3. The second-order valence-corrected chi connectivity index (χ2v) is 9.10. The Labute approximate surface area is 239 Å². The van der Waals surface area contributed by atoms with E-state index in [9.17, 15) is 14.4 Å². The van der Waals surface area contributed by atoms with E-state index in [4.69, 9.17) is 22.6 Å². The van der Waals surface area contributed by atoms with Crippen LogP contribution in [-0.4, -0.2) is 52.0 Å². The fourth-order valence-electron chi connectivity index (χ4n) is 3.97. The van der Waals surface area contributed by atoms with E-state index in [1.54, 1.807) is 36.7 Å². The number of aromatic carboxylic acids is 1. The Bertz CT molecular complexity index is 1650. The summed E-state index contributed by atoms with van der Waals surface area (Å²) in [5.41, 5.74) is 2.85. The molecule has 6 N–H and O–H groups in total. The number of amides is 2. The molecule has 2 amide bonds. The van der Waals surface area contributed by atoms with Crippen molar-refractivity contribution in [3.8, 4) is 0 Å². The zero-order valence-electron chi connectivity index (χ0n) is 21.5. The third-order valence-corrected chi connectivity index (χ3v) is 6.17. The van der Waals surface area contributed by atoms with Crippen molar-refractivity contribution in [3.05, 3.63) is 94.8 Å². The number of hydrazine groups is 1. The van der Waals surface area contributed by atoms with Gasteiger partial charge >= 0.3 is 5.97 Å². The number of fused-ring (bicyclic) bond motifs is 1. The number of nitrogens with one attached hydrogen (secondary N) is 3. The van der Waals surface area contributed by atoms with E-state index in [1.165, 1.54) is 47.8 Å². The molecule has 2 aromatic carbocycles. The van der Waals surface area contributed by atoms with Crippen molar-refractivity contribution in [2.75, 3.05) is 10.3 Å². The number of carboxylic acid groups (broad SMARTS) is 1. The number of pyridine rings is 1. The van der Waals surface area contributed by atoms with Crippen LogP contribution in [0.4, 0.5) is 11.4 Å². The Morgan fingerprint density at radius 3 is 2.71 bits per heavy atom. The number of aromatic amines is 1. The van der Waals surface area contributed by atoms with Gasteiger partial charge in [0.25, 0.3) is 0 Å². The Morgan fingerprint density at radius 1 is 1.20 bits per heavy atom. The summed E-state index contributed by atoms with van der Waals surface area (Å²) in [6.45, 7) is 3.26. The zero-order valence-corrected chi connectivity index (χ0v) is 22.2. The Kier molecular flexibility index (Phi) is 9.20. The molecule has 0 spiro atoms. The van der Waals surface area contributed by atoms with Crippen LogP contribution < -0.4 is 21.5 Å². The summed E-state index contributed by atoms with van der Waals surface area (Å²) in [7, 11) is 0. The number of hydrogen-bond acceptors (Lipinski definition) is 7. The van der Waals surface area contributed by atoms with E-state index in [0.717, 1.165) is 10.9 Å². The highest BCUT2D eigenvalue weighted by Gasteiger charge is 2.23. The molecule has 2 heterocycles. The van der Waals surface area contributed by atoms with Crippen LogP contribution in [0.15, 0.2) is 83.3 Å². The molecule has 4 aromatic rings. The zero-order chi connectivity index (χ0) is 29.4. The summed E-state index contributed by atoms with van der Waals surface area (Å²) in [6, 6.07) is 13.2. The average Bonchev–Trinajstić information content (AvgIpc) is 3.37. The van der Waals surface area contributed by atoms with E-state index >= 15 is 0 Å². The van der Waals surface area contributed by atoms with E-state index in [2.05, 4.69) is 37.5 Å². The monoisotopic (exact) mass is 572 g/mol. The van der Waals surface area contributed by atoms with Crippen molar-refractivity contribution in [1.82, 2.24) is 15.3 Å². The third-order valence-electron chi connectivity index (χ3n) is 5.93. The highest BCUT2D eigenvalue weighted by Crippen LogP contribution is 2.24. The number of nitrogens with zero attached hydrogens (tertiary/aromatic N) is 4. The van der Waals surface area contributed by atoms with Crippen molar-refractivity contribution >= 4 is 70.9 Å². The average molecular weight is 573 g/mol. The molecule has 0 fully saturated rings. The van der Waals surface area contributed by atoms with E-state index in [1.807, 2.05) is 6.07 Å². The van der Waals surface area contributed by atoms with Crippen LogP contribution in [-0.2, 0) is 16.0 Å². The first-order chi connectivity index (χ1) is 19.7. The number of hydrogen-bond donors (Lipinski definition) is 5. The molecule has 0 saturated heterocycles. The van der Waals surface area contributed by atoms with Gasteiger partial charge < -0.3 is 20.7 Å². The minimum atomic E-state index is -1.09. The Hall–Kier alpha value is -5.33. The number of carbonyl (C=O) groups is 3. The van der Waals surface area contributed by atoms with Crippen LogP contribution in [0, 0.1) is 0 Å². The lowest BCUT2D eigenvalue weighted by molar-refractivity contribution is -0.123. The maximum Gasteiger partial charge on any atom is 0.335 e. The molecule has 41 heavy (non-hydrogen) atoms. The Balaban J connectivity index is 1.57. The first-order valence-corrected chi connectivity index (χ1v) is 12.5. The van der Waals surface area contributed by atoms with Crippen molar-refractivity contribution in [2.45, 2.75) is 12.5 Å². The highest BCUT2D eigenvalue weighted by molar-refractivity contribution is 6.30. The summed E-state index contributed by atoms with van der Waals surface area (Å²) in [6.07, 6.45) is 7.52. The molecule has 1 unspecified atom stereocenters. The van der Waals surface area contributed by atoms with Gasteiger partial charge in [0, 0.05) is 53.3 Å². The van der Waals surface area contributed by atoms with Crippen molar-refractivity contribution in [2.24, 2.45) is 16.0 Å². The molecule has 208 valence electrons. The summed E-state index contributed by atoms with van der Waals surface area (Å²) in [5.74, 6) is 3.86. The number of carbonyl (C=O) groups excluding carboxylic acids is 2. The van der Waals surface area contributed by atoms with Crippen molar-refractivity contribution in [3.63, 3.8) is 0 Å². The highest BCUT2D eigenvalue weighted by atomic mass is 35.5. The fraction of sp³-hybridized carbons (Fsp3) is 0.0714. The Morgan fingerprint density at radius 2 is 1.98 bits per heavy atom. The molecule has 0 saturated carbocycles. The number of carboxylic acids is 1. The molecule has 2 aromatic heterocycles. The second-order valence-electron chi connectivity index (χ2n) is 8.67. The van der Waals surface area contributed by atoms with E-state index in [0.29, 0.717) is 27.6 Å². The third kappa shape index (κ3) is 7.41. The van der Waals surface area contributed by atoms with Gasteiger partial charge in [-0.25, -0.2) is 15.6 Å². The fourth-order valence-corrected chi connectivity index (χ4v) is 4.15. The standard InChI is InChI=1S/C28H25ClN8O4/c1-31-34-16-37(30)24-10-7-20(29)13-18(24)6-11-25(38)36-23(14-19-15-33-26-22(19)3-2-12-32-26)27(39)35-21-8-4-17(5-9-21)28(40)41/h2-13,15-16,23H,1,14,30H2,(H,32,33)(H,35,39)(H,36,38)(H,40,41)/b11-6+,34-16-. The van der Waals surface area contributed by atoms with Gasteiger partial charge in [0.2, 0.25) is 11.8 Å². The molecule has 0 aliphatic heterocycles. The number of H-pyrrole nitrogens is 1. The second kappa shape index (κ2) is 13.2. The molecule has 0 radical (unpaired) electrons. The number of aromatic nitrogens is 2. The van der Waals surface area contributed by atoms with Crippen LogP contribution in [0.1, 0.15) is 21.5 Å². The minimum Gasteiger partial charge on any atom is -0.478 e. The normalized spacial score (nSPS) is 12.0. The predicted octanol–water partition coefficient (Wildman–Crippen LogP) is 3.62. The van der Waals surface area contributed by atoms with Crippen LogP contribution in [0.5, 0.6) is 0 Å². The molecule has 12 nitrogen and oxygen atoms in total. The first-order valence-electron chi connectivity index (χ1n) is 12.1. The molecule has 4 rings (SSSR count). The van der Waals surface area contributed by atoms with Crippen molar-refractivity contribution in [1.29, 1.82) is 0 Å². The van der Waals surface area contributed by atoms with Crippen molar-refractivity contribution < 1.29 is 19.5 Å². The molecule has 1 atom stereocenters. The largest absolute Gasteiger partial charge is 0.478 e. The summed E-state index contributed by atoms with van der Waals surface area (Å²) in [4.78, 5) is 44.9. The molecule has 0 aliphatic carbocycles.